The normalized spacial score (nSPS) is 20.0. The summed E-state index contributed by atoms with van der Waals surface area (Å²) in [5, 5.41) is 0. The Balaban J connectivity index is 1.83. The lowest BCUT2D eigenvalue weighted by molar-refractivity contribution is 0.0288. The molecule has 0 amide bonds. The van der Waals surface area contributed by atoms with Crippen LogP contribution in [-0.4, -0.2) is 25.9 Å². The Morgan fingerprint density at radius 2 is 2.21 bits per heavy atom. The van der Waals surface area contributed by atoms with Crippen LogP contribution in [0.3, 0.4) is 0 Å². The number of ether oxygens (including phenoxy) is 2. The Kier molecular flexibility index (Phi) is 5.83. The summed E-state index contributed by atoms with van der Waals surface area (Å²) in [4.78, 5) is 0. The second kappa shape index (κ2) is 7.63. The predicted octanol–water partition coefficient (Wildman–Crippen LogP) is 2.83. The van der Waals surface area contributed by atoms with Crippen molar-refractivity contribution in [2.75, 3.05) is 19.8 Å². The van der Waals surface area contributed by atoms with Gasteiger partial charge in [-0.25, -0.2) is 0 Å². The summed E-state index contributed by atoms with van der Waals surface area (Å²) in [5.74, 6) is 0. The zero-order valence-corrected chi connectivity index (χ0v) is 11.8. The number of benzene rings is 1. The number of fused-ring (bicyclic) bond motifs is 1. The lowest BCUT2D eigenvalue weighted by Crippen LogP contribution is -2.28. The van der Waals surface area contributed by atoms with Gasteiger partial charge in [0, 0.05) is 19.3 Å². The monoisotopic (exact) mass is 263 g/mol. The van der Waals surface area contributed by atoms with Crippen LogP contribution in [0.15, 0.2) is 24.3 Å². The minimum Gasteiger partial charge on any atom is -0.381 e. The van der Waals surface area contributed by atoms with Gasteiger partial charge >= 0.3 is 0 Å². The van der Waals surface area contributed by atoms with Crippen molar-refractivity contribution < 1.29 is 9.47 Å². The van der Waals surface area contributed by atoms with E-state index < -0.39 is 0 Å². The van der Waals surface area contributed by atoms with Gasteiger partial charge in [0.1, 0.15) is 0 Å². The molecule has 0 aliphatic carbocycles. The van der Waals surface area contributed by atoms with E-state index in [1.807, 2.05) is 0 Å². The van der Waals surface area contributed by atoms with Crippen molar-refractivity contribution in [1.82, 2.24) is 0 Å². The van der Waals surface area contributed by atoms with E-state index in [-0.39, 0.29) is 12.1 Å². The lowest BCUT2D eigenvalue weighted by atomic mass is 9.93. The standard InChI is InChI=1S/C16H25NO2/c1-2-9-18-10-8-14(17)12-16-15-6-4-3-5-13(15)7-11-19-16/h3-6,14,16H,2,7-12,17H2,1H3. The maximum atomic E-state index is 6.18. The Bertz CT molecular complexity index is 381. The third-order valence-corrected chi connectivity index (χ3v) is 3.59. The van der Waals surface area contributed by atoms with E-state index in [9.17, 15) is 0 Å². The molecule has 2 N–H and O–H groups in total. The topological polar surface area (TPSA) is 44.5 Å². The van der Waals surface area contributed by atoms with Gasteiger partial charge in [-0.15, -0.1) is 0 Å². The van der Waals surface area contributed by atoms with Gasteiger partial charge in [0.2, 0.25) is 0 Å². The van der Waals surface area contributed by atoms with Crippen molar-refractivity contribution in [2.24, 2.45) is 5.73 Å². The molecule has 1 aliphatic heterocycles. The number of hydrogen-bond acceptors (Lipinski definition) is 3. The van der Waals surface area contributed by atoms with Gasteiger partial charge < -0.3 is 15.2 Å². The van der Waals surface area contributed by atoms with Crippen LogP contribution in [0.1, 0.15) is 43.4 Å². The molecule has 2 atom stereocenters. The summed E-state index contributed by atoms with van der Waals surface area (Å²) in [6, 6.07) is 8.68. The molecule has 3 heteroatoms. The Labute approximate surface area is 116 Å². The second-order valence-electron chi connectivity index (χ2n) is 5.21. The Hall–Kier alpha value is -0.900. The molecular formula is C16H25NO2. The van der Waals surface area contributed by atoms with Crippen molar-refractivity contribution >= 4 is 0 Å². The molecule has 0 aromatic heterocycles. The number of nitrogens with two attached hydrogens (primary N) is 1. The molecule has 2 unspecified atom stereocenters. The molecule has 0 spiro atoms. The summed E-state index contributed by atoms with van der Waals surface area (Å²) in [6.45, 7) is 4.51. The highest BCUT2D eigenvalue weighted by Gasteiger charge is 2.22. The van der Waals surface area contributed by atoms with Gasteiger partial charge in [-0.3, -0.25) is 0 Å². The highest BCUT2D eigenvalue weighted by atomic mass is 16.5. The largest absolute Gasteiger partial charge is 0.381 e. The van der Waals surface area contributed by atoms with E-state index in [4.69, 9.17) is 15.2 Å². The van der Waals surface area contributed by atoms with Crippen LogP contribution in [0.4, 0.5) is 0 Å². The van der Waals surface area contributed by atoms with Crippen LogP contribution in [0, 0.1) is 0 Å². The molecule has 0 saturated heterocycles. The molecule has 0 bridgehead atoms. The first-order chi connectivity index (χ1) is 9.31. The first-order valence-electron chi connectivity index (χ1n) is 7.34. The first-order valence-corrected chi connectivity index (χ1v) is 7.34. The van der Waals surface area contributed by atoms with Crippen LogP contribution in [-0.2, 0) is 15.9 Å². The van der Waals surface area contributed by atoms with Crippen LogP contribution in [0.25, 0.3) is 0 Å². The molecule has 0 fully saturated rings. The highest BCUT2D eigenvalue weighted by molar-refractivity contribution is 5.30. The molecule has 0 saturated carbocycles. The average Bonchev–Trinajstić information content (AvgIpc) is 2.44. The summed E-state index contributed by atoms with van der Waals surface area (Å²) in [6.07, 6.45) is 4.02. The fraction of sp³-hybridized carbons (Fsp3) is 0.625. The molecule has 1 aliphatic rings. The lowest BCUT2D eigenvalue weighted by Gasteiger charge is -2.28. The molecule has 1 aromatic carbocycles. The Morgan fingerprint density at radius 3 is 3.05 bits per heavy atom. The van der Waals surface area contributed by atoms with Crippen LogP contribution in [0.2, 0.25) is 0 Å². The number of rotatable bonds is 7. The molecule has 1 heterocycles. The smallest absolute Gasteiger partial charge is 0.0842 e. The third-order valence-electron chi connectivity index (χ3n) is 3.59. The van der Waals surface area contributed by atoms with Crippen molar-refractivity contribution in [3.05, 3.63) is 35.4 Å². The minimum atomic E-state index is 0.146. The maximum Gasteiger partial charge on any atom is 0.0842 e. The van der Waals surface area contributed by atoms with Crippen molar-refractivity contribution in [1.29, 1.82) is 0 Å². The van der Waals surface area contributed by atoms with Gasteiger partial charge in [0.25, 0.3) is 0 Å². The SMILES string of the molecule is CCCOCCC(N)CC1OCCc2ccccc21. The van der Waals surface area contributed by atoms with Gasteiger partial charge in [0.05, 0.1) is 12.7 Å². The number of hydrogen-bond donors (Lipinski definition) is 1. The van der Waals surface area contributed by atoms with E-state index in [2.05, 4.69) is 31.2 Å². The molecular weight excluding hydrogens is 238 g/mol. The molecule has 0 radical (unpaired) electrons. The highest BCUT2D eigenvalue weighted by Crippen LogP contribution is 2.30. The van der Waals surface area contributed by atoms with Gasteiger partial charge in [-0.1, -0.05) is 31.2 Å². The maximum absolute atomic E-state index is 6.18. The summed E-state index contributed by atoms with van der Waals surface area (Å²) in [5.41, 5.74) is 8.91. The summed E-state index contributed by atoms with van der Waals surface area (Å²) in [7, 11) is 0. The predicted molar refractivity (Wildman–Crippen MR) is 77.2 cm³/mol. The first kappa shape index (κ1) is 14.5. The fourth-order valence-corrected chi connectivity index (χ4v) is 2.55. The Morgan fingerprint density at radius 1 is 1.37 bits per heavy atom. The fourth-order valence-electron chi connectivity index (χ4n) is 2.55. The van der Waals surface area contributed by atoms with E-state index >= 15 is 0 Å². The van der Waals surface area contributed by atoms with E-state index in [1.165, 1.54) is 11.1 Å². The molecule has 2 rings (SSSR count). The minimum absolute atomic E-state index is 0.146. The van der Waals surface area contributed by atoms with Crippen molar-refractivity contribution in [3.63, 3.8) is 0 Å². The summed E-state index contributed by atoms with van der Waals surface area (Å²) >= 11 is 0. The second-order valence-corrected chi connectivity index (χ2v) is 5.21. The van der Waals surface area contributed by atoms with Gasteiger partial charge in [-0.05, 0) is 36.8 Å². The molecule has 3 nitrogen and oxygen atoms in total. The van der Waals surface area contributed by atoms with Gasteiger partial charge in [-0.2, -0.15) is 0 Å². The summed E-state index contributed by atoms with van der Waals surface area (Å²) < 4.78 is 11.4. The molecule has 106 valence electrons. The van der Waals surface area contributed by atoms with Crippen molar-refractivity contribution in [3.8, 4) is 0 Å². The average molecular weight is 263 g/mol. The van der Waals surface area contributed by atoms with E-state index in [0.717, 1.165) is 45.5 Å². The quantitative estimate of drug-likeness (QED) is 0.769. The molecule has 1 aromatic rings. The van der Waals surface area contributed by atoms with E-state index in [1.54, 1.807) is 0 Å². The van der Waals surface area contributed by atoms with Crippen LogP contribution >= 0.6 is 0 Å². The van der Waals surface area contributed by atoms with Crippen molar-refractivity contribution in [2.45, 2.75) is 44.8 Å². The van der Waals surface area contributed by atoms with Crippen LogP contribution in [0.5, 0.6) is 0 Å². The molecule has 19 heavy (non-hydrogen) atoms. The zero-order chi connectivity index (χ0) is 13.5. The van der Waals surface area contributed by atoms with Crippen LogP contribution < -0.4 is 5.73 Å². The van der Waals surface area contributed by atoms with E-state index in [0.29, 0.717) is 0 Å². The zero-order valence-electron chi connectivity index (χ0n) is 11.8. The third kappa shape index (κ3) is 4.30. The van der Waals surface area contributed by atoms with Gasteiger partial charge in [0.15, 0.2) is 0 Å².